The van der Waals surface area contributed by atoms with Gasteiger partial charge in [0, 0.05) is 25.2 Å². The van der Waals surface area contributed by atoms with E-state index in [1.165, 1.54) is 27.6 Å². The SMILES string of the molecule is CC(C)N(C)S(=O)(=O)c1ccc(NC(=O)CC2CCc3ccccc32)cc1. The van der Waals surface area contributed by atoms with Gasteiger partial charge >= 0.3 is 0 Å². The molecule has 0 aromatic heterocycles. The molecular weight excluding hydrogens is 360 g/mol. The summed E-state index contributed by atoms with van der Waals surface area (Å²) in [6.45, 7) is 3.65. The van der Waals surface area contributed by atoms with Crippen LogP contribution in [0.5, 0.6) is 0 Å². The van der Waals surface area contributed by atoms with Crippen molar-refractivity contribution in [1.82, 2.24) is 4.31 Å². The summed E-state index contributed by atoms with van der Waals surface area (Å²) in [5, 5.41) is 2.88. The van der Waals surface area contributed by atoms with E-state index in [4.69, 9.17) is 0 Å². The third kappa shape index (κ3) is 4.22. The topological polar surface area (TPSA) is 66.5 Å². The van der Waals surface area contributed by atoms with Crippen molar-refractivity contribution in [3.63, 3.8) is 0 Å². The molecule has 0 saturated carbocycles. The first kappa shape index (κ1) is 19.6. The fourth-order valence-electron chi connectivity index (χ4n) is 3.45. The number of fused-ring (bicyclic) bond motifs is 1. The quantitative estimate of drug-likeness (QED) is 0.822. The Morgan fingerprint density at radius 1 is 1.15 bits per heavy atom. The maximum absolute atomic E-state index is 12.5. The predicted molar refractivity (Wildman–Crippen MR) is 107 cm³/mol. The number of carbonyl (C=O) groups excluding carboxylic acids is 1. The van der Waals surface area contributed by atoms with Crippen molar-refractivity contribution in [3.05, 3.63) is 59.7 Å². The largest absolute Gasteiger partial charge is 0.326 e. The van der Waals surface area contributed by atoms with Crippen LogP contribution in [0.15, 0.2) is 53.4 Å². The molecule has 27 heavy (non-hydrogen) atoms. The van der Waals surface area contributed by atoms with E-state index in [9.17, 15) is 13.2 Å². The minimum atomic E-state index is -3.51. The lowest BCUT2D eigenvalue weighted by Gasteiger charge is -2.21. The highest BCUT2D eigenvalue weighted by molar-refractivity contribution is 7.89. The summed E-state index contributed by atoms with van der Waals surface area (Å²) in [6, 6.07) is 14.5. The molecule has 1 atom stereocenters. The molecule has 1 aliphatic carbocycles. The molecule has 144 valence electrons. The zero-order chi connectivity index (χ0) is 19.6. The molecule has 6 heteroatoms. The molecule has 0 aliphatic heterocycles. The van der Waals surface area contributed by atoms with Gasteiger partial charge in [0.1, 0.15) is 0 Å². The number of rotatable bonds is 6. The Bertz CT molecular complexity index is 921. The zero-order valence-corrected chi connectivity index (χ0v) is 16.8. The highest BCUT2D eigenvalue weighted by Gasteiger charge is 2.25. The summed E-state index contributed by atoms with van der Waals surface area (Å²) >= 11 is 0. The summed E-state index contributed by atoms with van der Waals surface area (Å²) in [7, 11) is -1.95. The van der Waals surface area contributed by atoms with Crippen LogP contribution in [0.4, 0.5) is 5.69 Å². The number of benzene rings is 2. The molecule has 2 aromatic carbocycles. The highest BCUT2D eigenvalue weighted by atomic mass is 32.2. The molecule has 0 spiro atoms. The fraction of sp³-hybridized carbons (Fsp3) is 0.381. The van der Waals surface area contributed by atoms with Gasteiger partial charge in [0.25, 0.3) is 0 Å². The molecule has 3 rings (SSSR count). The summed E-state index contributed by atoms with van der Waals surface area (Å²) in [5.74, 6) is 0.201. The lowest BCUT2D eigenvalue weighted by atomic mass is 9.97. The van der Waals surface area contributed by atoms with E-state index in [0.29, 0.717) is 12.1 Å². The molecule has 1 amide bonds. The molecule has 1 N–H and O–H groups in total. The van der Waals surface area contributed by atoms with Gasteiger partial charge in [-0.05, 0) is 68.0 Å². The first-order chi connectivity index (χ1) is 12.8. The van der Waals surface area contributed by atoms with Crippen molar-refractivity contribution in [1.29, 1.82) is 0 Å². The van der Waals surface area contributed by atoms with E-state index in [0.717, 1.165) is 12.8 Å². The Labute approximate surface area is 161 Å². The van der Waals surface area contributed by atoms with Gasteiger partial charge in [0.05, 0.1) is 4.90 Å². The summed E-state index contributed by atoms with van der Waals surface area (Å²) in [6.07, 6.45) is 2.45. The number of carbonyl (C=O) groups is 1. The molecule has 0 heterocycles. The van der Waals surface area contributed by atoms with Gasteiger partial charge in [-0.2, -0.15) is 4.31 Å². The van der Waals surface area contributed by atoms with Gasteiger partial charge in [0.15, 0.2) is 0 Å². The lowest BCUT2D eigenvalue weighted by Crippen LogP contribution is -2.33. The Morgan fingerprint density at radius 2 is 1.81 bits per heavy atom. The second kappa shape index (κ2) is 7.82. The lowest BCUT2D eigenvalue weighted by molar-refractivity contribution is -0.116. The van der Waals surface area contributed by atoms with Crippen molar-refractivity contribution in [2.45, 2.75) is 50.0 Å². The molecule has 0 fully saturated rings. The molecule has 1 aliphatic rings. The number of nitrogens with one attached hydrogen (secondary N) is 1. The first-order valence-corrected chi connectivity index (χ1v) is 10.7. The zero-order valence-electron chi connectivity index (χ0n) is 16.0. The van der Waals surface area contributed by atoms with E-state index in [2.05, 4.69) is 17.4 Å². The van der Waals surface area contributed by atoms with Crippen molar-refractivity contribution < 1.29 is 13.2 Å². The normalized spacial score (nSPS) is 16.6. The van der Waals surface area contributed by atoms with E-state index in [1.807, 2.05) is 26.0 Å². The van der Waals surface area contributed by atoms with Crippen molar-refractivity contribution in [2.75, 3.05) is 12.4 Å². The Balaban J connectivity index is 1.64. The van der Waals surface area contributed by atoms with Crippen LogP contribution in [0.3, 0.4) is 0 Å². The maximum atomic E-state index is 12.5. The Morgan fingerprint density at radius 3 is 2.48 bits per heavy atom. The molecular formula is C21H26N2O3S. The standard InChI is InChI=1S/C21H26N2O3S/c1-15(2)23(3)27(25,26)19-12-10-18(11-13-19)22-21(24)14-17-9-8-16-6-4-5-7-20(16)17/h4-7,10-13,15,17H,8-9,14H2,1-3H3,(H,22,24). The van der Waals surface area contributed by atoms with Crippen LogP contribution < -0.4 is 5.32 Å². The number of aryl methyl sites for hydroxylation is 1. The smallest absolute Gasteiger partial charge is 0.243 e. The number of anilines is 1. The Hall–Kier alpha value is -2.18. The van der Waals surface area contributed by atoms with Crippen LogP contribution in [-0.4, -0.2) is 31.7 Å². The van der Waals surface area contributed by atoms with E-state index in [-0.39, 0.29) is 22.8 Å². The van der Waals surface area contributed by atoms with Gasteiger partial charge in [0.2, 0.25) is 15.9 Å². The van der Waals surface area contributed by atoms with Crippen LogP contribution >= 0.6 is 0 Å². The summed E-state index contributed by atoms with van der Waals surface area (Å²) < 4.78 is 26.3. The van der Waals surface area contributed by atoms with Crippen LogP contribution in [0, 0.1) is 0 Å². The second-order valence-corrected chi connectivity index (χ2v) is 9.32. The minimum absolute atomic E-state index is 0.0494. The van der Waals surface area contributed by atoms with Gasteiger partial charge < -0.3 is 5.32 Å². The van der Waals surface area contributed by atoms with Crippen molar-refractivity contribution in [2.24, 2.45) is 0 Å². The average molecular weight is 387 g/mol. The maximum Gasteiger partial charge on any atom is 0.243 e. The average Bonchev–Trinajstić information content (AvgIpc) is 3.04. The first-order valence-electron chi connectivity index (χ1n) is 9.25. The third-order valence-corrected chi connectivity index (χ3v) is 7.28. The number of nitrogens with zero attached hydrogens (tertiary/aromatic N) is 1. The third-order valence-electron chi connectivity index (χ3n) is 5.23. The molecule has 1 unspecified atom stereocenters. The van der Waals surface area contributed by atoms with E-state index in [1.54, 1.807) is 19.2 Å². The molecule has 0 saturated heterocycles. The summed E-state index contributed by atoms with van der Waals surface area (Å²) in [5.41, 5.74) is 3.21. The van der Waals surface area contributed by atoms with Crippen molar-refractivity contribution >= 4 is 21.6 Å². The molecule has 2 aromatic rings. The summed E-state index contributed by atoms with van der Waals surface area (Å²) in [4.78, 5) is 12.6. The number of hydrogen-bond acceptors (Lipinski definition) is 3. The van der Waals surface area contributed by atoms with Crippen LogP contribution in [-0.2, 0) is 21.2 Å². The highest BCUT2D eigenvalue weighted by Crippen LogP contribution is 2.35. The number of amides is 1. The number of hydrogen-bond donors (Lipinski definition) is 1. The minimum Gasteiger partial charge on any atom is -0.326 e. The van der Waals surface area contributed by atoms with Gasteiger partial charge in [-0.25, -0.2) is 8.42 Å². The monoisotopic (exact) mass is 386 g/mol. The molecule has 0 radical (unpaired) electrons. The van der Waals surface area contributed by atoms with Crippen molar-refractivity contribution in [3.8, 4) is 0 Å². The van der Waals surface area contributed by atoms with Gasteiger partial charge in [-0.1, -0.05) is 24.3 Å². The van der Waals surface area contributed by atoms with Crippen LogP contribution in [0.2, 0.25) is 0 Å². The second-order valence-electron chi connectivity index (χ2n) is 7.33. The van der Waals surface area contributed by atoms with E-state index < -0.39 is 10.0 Å². The molecule has 0 bridgehead atoms. The predicted octanol–water partition coefficient (Wildman–Crippen LogP) is 3.77. The fourth-order valence-corrected chi connectivity index (χ4v) is 4.81. The van der Waals surface area contributed by atoms with E-state index >= 15 is 0 Å². The number of sulfonamides is 1. The van der Waals surface area contributed by atoms with Crippen LogP contribution in [0.25, 0.3) is 0 Å². The van der Waals surface area contributed by atoms with Gasteiger partial charge in [-0.3, -0.25) is 4.79 Å². The van der Waals surface area contributed by atoms with Gasteiger partial charge in [-0.15, -0.1) is 0 Å². The van der Waals surface area contributed by atoms with Crippen LogP contribution in [0.1, 0.15) is 43.7 Å². The molecule has 5 nitrogen and oxygen atoms in total. The Kier molecular flexibility index (Phi) is 5.67.